The molecule has 0 radical (unpaired) electrons. The van der Waals surface area contributed by atoms with Crippen LogP contribution in [0.2, 0.25) is 0 Å². The number of thiophene rings is 1. The number of ether oxygens (including phenoxy) is 1. The van der Waals surface area contributed by atoms with E-state index < -0.39 is 24.0 Å². The second-order valence-electron chi connectivity index (χ2n) is 7.54. The zero-order valence-electron chi connectivity index (χ0n) is 15.7. The van der Waals surface area contributed by atoms with Crippen LogP contribution in [0, 0.1) is 24.2 Å². The van der Waals surface area contributed by atoms with Crippen LogP contribution >= 0.6 is 11.3 Å². The molecule has 1 fully saturated rings. The first-order valence-corrected chi connectivity index (χ1v) is 10.1. The number of aryl methyl sites for hydroxylation is 2. The standard InChI is InChI=1S/C19H20N4O4S/c1-10-14-16(21-12-4-3-7-23(12)17(14)25)28-15(10)18(26)27-8-13(24)22-19(2,9-20)11-5-6-11/h11H,3-8H2,1-2H3,(H,22,24)/t19-/m0/s1. The van der Waals surface area contributed by atoms with E-state index in [9.17, 15) is 19.6 Å². The van der Waals surface area contributed by atoms with Gasteiger partial charge in [0.1, 0.15) is 21.1 Å². The number of carbonyl (C=O) groups excluding carboxylic acids is 2. The van der Waals surface area contributed by atoms with Gasteiger partial charge >= 0.3 is 5.97 Å². The Morgan fingerprint density at radius 3 is 2.89 bits per heavy atom. The van der Waals surface area contributed by atoms with E-state index in [0.717, 1.165) is 42.8 Å². The number of carbonyl (C=O) groups is 2. The van der Waals surface area contributed by atoms with Crippen LogP contribution in [0.15, 0.2) is 4.79 Å². The Morgan fingerprint density at radius 2 is 2.21 bits per heavy atom. The largest absolute Gasteiger partial charge is 0.451 e. The molecule has 0 bridgehead atoms. The lowest BCUT2D eigenvalue weighted by atomic mass is 9.98. The van der Waals surface area contributed by atoms with Crippen LogP contribution in [0.1, 0.15) is 47.2 Å². The minimum Gasteiger partial charge on any atom is -0.451 e. The number of nitrogens with one attached hydrogen (secondary N) is 1. The number of hydrogen-bond donors (Lipinski definition) is 1. The number of hydrogen-bond acceptors (Lipinski definition) is 7. The molecule has 0 unspecified atom stereocenters. The van der Waals surface area contributed by atoms with Crippen molar-refractivity contribution < 1.29 is 14.3 Å². The minimum absolute atomic E-state index is 0.128. The van der Waals surface area contributed by atoms with Crippen molar-refractivity contribution in [2.24, 2.45) is 5.92 Å². The van der Waals surface area contributed by atoms with Gasteiger partial charge in [0.2, 0.25) is 0 Å². The van der Waals surface area contributed by atoms with E-state index in [1.165, 1.54) is 0 Å². The molecule has 0 spiro atoms. The monoisotopic (exact) mass is 400 g/mol. The summed E-state index contributed by atoms with van der Waals surface area (Å²) in [5, 5.41) is 12.4. The second-order valence-corrected chi connectivity index (χ2v) is 8.54. The van der Waals surface area contributed by atoms with Crippen molar-refractivity contribution in [3.63, 3.8) is 0 Å². The Hall–Kier alpha value is -2.73. The molecule has 1 N–H and O–H groups in total. The number of amides is 1. The van der Waals surface area contributed by atoms with Crippen LogP contribution in [-0.4, -0.2) is 33.6 Å². The first-order valence-electron chi connectivity index (χ1n) is 9.26. The van der Waals surface area contributed by atoms with Gasteiger partial charge in [-0.2, -0.15) is 5.26 Å². The molecule has 1 aliphatic heterocycles. The Balaban J connectivity index is 1.50. The Labute approximate surface area is 165 Å². The highest BCUT2D eigenvalue weighted by Gasteiger charge is 2.43. The highest BCUT2D eigenvalue weighted by molar-refractivity contribution is 7.20. The van der Waals surface area contributed by atoms with Crippen LogP contribution in [0.25, 0.3) is 10.2 Å². The fourth-order valence-electron chi connectivity index (χ4n) is 3.67. The third-order valence-electron chi connectivity index (χ3n) is 5.46. The van der Waals surface area contributed by atoms with Crippen molar-refractivity contribution in [3.05, 3.63) is 26.6 Å². The van der Waals surface area contributed by atoms with Gasteiger partial charge in [-0.05, 0) is 44.6 Å². The summed E-state index contributed by atoms with van der Waals surface area (Å²) in [5.41, 5.74) is -0.530. The lowest BCUT2D eigenvalue weighted by Gasteiger charge is -2.22. The number of rotatable bonds is 5. The second kappa shape index (κ2) is 6.71. The van der Waals surface area contributed by atoms with Crippen molar-refractivity contribution in [3.8, 4) is 6.07 Å². The number of nitriles is 1. The zero-order valence-corrected chi connectivity index (χ0v) is 16.5. The van der Waals surface area contributed by atoms with E-state index in [4.69, 9.17) is 4.74 Å². The van der Waals surface area contributed by atoms with Gasteiger partial charge in [0.15, 0.2) is 6.61 Å². The summed E-state index contributed by atoms with van der Waals surface area (Å²) in [6.45, 7) is 3.55. The molecule has 1 amide bonds. The average molecular weight is 400 g/mol. The molecule has 0 aromatic carbocycles. The van der Waals surface area contributed by atoms with Crippen LogP contribution in [-0.2, 0) is 22.5 Å². The van der Waals surface area contributed by atoms with E-state index >= 15 is 0 Å². The maximum atomic E-state index is 12.7. The average Bonchev–Trinajstić information content (AvgIpc) is 3.34. The van der Waals surface area contributed by atoms with Gasteiger partial charge in [0.25, 0.3) is 11.5 Å². The highest BCUT2D eigenvalue weighted by Crippen LogP contribution is 2.39. The van der Waals surface area contributed by atoms with Crippen LogP contribution in [0.3, 0.4) is 0 Å². The van der Waals surface area contributed by atoms with Gasteiger partial charge in [-0.1, -0.05) is 0 Å². The van der Waals surface area contributed by atoms with E-state index in [-0.39, 0.29) is 16.4 Å². The van der Waals surface area contributed by atoms with Crippen LogP contribution < -0.4 is 10.9 Å². The number of aromatic nitrogens is 2. The minimum atomic E-state index is -0.934. The van der Waals surface area contributed by atoms with E-state index in [1.807, 2.05) is 0 Å². The molecule has 1 aliphatic carbocycles. The molecule has 146 valence electrons. The molecule has 1 atom stereocenters. The van der Waals surface area contributed by atoms with E-state index in [1.54, 1.807) is 18.4 Å². The van der Waals surface area contributed by atoms with Gasteiger partial charge < -0.3 is 10.1 Å². The van der Waals surface area contributed by atoms with E-state index in [0.29, 0.717) is 22.3 Å². The number of fused-ring (bicyclic) bond motifs is 2. The predicted octanol–water partition coefficient (Wildman–Crippen LogP) is 1.68. The molecule has 0 saturated heterocycles. The Kier molecular flexibility index (Phi) is 4.46. The third kappa shape index (κ3) is 3.07. The number of nitrogens with zero attached hydrogens (tertiary/aromatic N) is 3. The summed E-state index contributed by atoms with van der Waals surface area (Å²) in [4.78, 5) is 42.6. The molecular weight excluding hydrogens is 380 g/mol. The molecule has 8 nitrogen and oxygen atoms in total. The Bertz CT molecular complexity index is 1090. The summed E-state index contributed by atoms with van der Waals surface area (Å²) in [6.07, 6.45) is 3.45. The van der Waals surface area contributed by atoms with Crippen molar-refractivity contribution in [1.29, 1.82) is 5.26 Å². The molecule has 2 aliphatic rings. The SMILES string of the molecule is Cc1c(C(=O)OCC(=O)N[C@@](C)(C#N)C2CC2)sc2nc3n(c(=O)c12)CCC3. The fourth-order valence-corrected chi connectivity index (χ4v) is 4.76. The summed E-state index contributed by atoms with van der Waals surface area (Å²) >= 11 is 1.11. The van der Waals surface area contributed by atoms with Crippen molar-refractivity contribution >= 4 is 33.4 Å². The summed E-state index contributed by atoms with van der Waals surface area (Å²) in [5.74, 6) is -0.289. The maximum absolute atomic E-state index is 12.7. The topological polar surface area (TPSA) is 114 Å². The maximum Gasteiger partial charge on any atom is 0.349 e. The molecule has 1 saturated carbocycles. The fraction of sp³-hybridized carbons (Fsp3) is 0.526. The number of esters is 1. The molecule has 4 rings (SSSR count). The molecule has 28 heavy (non-hydrogen) atoms. The highest BCUT2D eigenvalue weighted by atomic mass is 32.1. The van der Waals surface area contributed by atoms with Gasteiger partial charge in [0.05, 0.1) is 11.5 Å². The van der Waals surface area contributed by atoms with Crippen LogP contribution in [0.5, 0.6) is 0 Å². The first kappa shape index (κ1) is 18.6. The van der Waals surface area contributed by atoms with Crippen molar-refractivity contribution in [2.75, 3.05) is 6.61 Å². The zero-order chi connectivity index (χ0) is 20.1. The smallest absolute Gasteiger partial charge is 0.349 e. The third-order valence-corrected chi connectivity index (χ3v) is 6.62. The molecular formula is C19H20N4O4S. The van der Waals surface area contributed by atoms with Gasteiger partial charge in [-0.15, -0.1) is 11.3 Å². The Morgan fingerprint density at radius 1 is 1.46 bits per heavy atom. The summed E-state index contributed by atoms with van der Waals surface area (Å²) < 4.78 is 6.80. The summed E-state index contributed by atoms with van der Waals surface area (Å²) in [7, 11) is 0. The van der Waals surface area contributed by atoms with Crippen LogP contribution in [0.4, 0.5) is 0 Å². The molecule has 2 aromatic heterocycles. The first-order chi connectivity index (χ1) is 13.3. The normalized spacial score (nSPS) is 17.6. The van der Waals surface area contributed by atoms with Gasteiger partial charge in [0, 0.05) is 13.0 Å². The van der Waals surface area contributed by atoms with E-state index in [2.05, 4.69) is 16.4 Å². The summed E-state index contributed by atoms with van der Waals surface area (Å²) in [6, 6.07) is 2.13. The molecule has 2 aromatic rings. The van der Waals surface area contributed by atoms with Gasteiger partial charge in [-0.25, -0.2) is 9.78 Å². The lowest BCUT2D eigenvalue weighted by Crippen LogP contribution is -2.48. The predicted molar refractivity (Wildman–Crippen MR) is 102 cm³/mol. The van der Waals surface area contributed by atoms with Gasteiger partial charge in [-0.3, -0.25) is 14.2 Å². The lowest BCUT2D eigenvalue weighted by molar-refractivity contribution is -0.125. The van der Waals surface area contributed by atoms with Crippen molar-refractivity contribution in [1.82, 2.24) is 14.9 Å². The van der Waals surface area contributed by atoms with Crippen molar-refractivity contribution in [2.45, 2.75) is 51.6 Å². The quantitative estimate of drug-likeness (QED) is 0.764. The molecule has 9 heteroatoms. The molecule has 3 heterocycles.